The standard InChI is InChI=1S/C6H4BrClN4/c1-12-4-3(5(7)11-12)9-2-10-6(4)8/h2H,1H3. The second-order valence-corrected chi connectivity index (χ2v) is 3.39. The fraction of sp³-hybridized carbons (Fsp3) is 0.167. The summed E-state index contributed by atoms with van der Waals surface area (Å²) in [4.78, 5) is 7.89. The molecule has 2 heterocycles. The van der Waals surface area contributed by atoms with Gasteiger partial charge in [-0.3, -0.25) is 4.68 Å². The fourth-order valence-electron chi connectivity index (χ4n) is 1.02. The number of fused-ring (bicyclic) bond motifs is 1. The molecule has 0 amide bonds. The topological polar surface area (TPSA) is 43.6 Å². The molecule has 2 rings (SSSR count). The maximum absolute atomic E-state index is 5.84. The molecule has 0 aliphatic heterocycles. The van der Waals surface area contributed by atoms with E-state index in [9.17, 15) is 0 Å². The Morgan fingerprint density at radius 2 is 2.25 bits per heavy atom. The van der Waals surface area contributed by atoms with Gasteiger partial charge < -0.3 is 0 Å². The molecule has 0 atom stereocenters. The molecule has 4 nitrogen and oxygen atoms in total. The van der Waals surface area contributed by atoms with Gasteiger partial charge in [-0.25, -0.2) is 9.97 Å². The number of hydrogen-bond donors (Lipinski definition) is 0. The van der Waals surface area contributed by atoms with Gasteiger partial charge in [0, 0.05) is 7.05 Å². The summed E-state index contributed by atoms with van der Waals surface area (Å²) in [5, 5.41) is 4.51. The van der Waals surface area contributed by atoms with E-state index in [1.807, 2.05) is 0 Å². The summed E-state index contributed by atoms with van der Waals surface area (Å²) in [7, 11) is 1.79. The monoisotopic (exact) mass is 246 g/mol. The predicted octanol–water partition coefficient (Wildman–Crippen LogP) is 1.78. The largest absolute Gasteiger partial charge is 0.262 e. The molecule has 2 aromatic rings. The SMILES string of the molecule is Cn1nc(Br)c2ncnc(Cl)c21. The van der Waals surface area contributed by atoms with Crippen molar-refractivity contribution in [2.24, 2.45) is 7.05 Å². The molecule has 6 heteroatoms. The van der Waals surface area contributed by atoms with Crippen LogP contribution in [0.5, 0.6) is 0 Å². The van der Waals surface area contributed by atoms with E-state index in [1.165, 1.54) is 6.33 Å². The third kappa shape index (κ3) is 1.01. The molecule has 0 unspecified atom stereocenters. The summed E-state index contributed by atoms with van der Waals surface area (Å²) in [6.45, 7) is 0. The van der Waals surface area contributed by atoms with Crippen molar-refractivity contribution in [3.63, 3.8) is 0 Å². The van der Waals surface area contributed by atoms with Crippen LogP contribution in [0.3, 0.4) is 0 Å². The highest BCUT2D eigenvalue weighted by Crippen LogP contribution is 2.24. The number of halogens is 2. The zero-order valence-corrected chi connectivity index (χ0v) is 8.46. The Labute approximate surface area is 81.7 Å². The number of aromatic nitrogens is 4. The van der Waals surface area contributed by atoms with E-state index in [0.717, 1.165) is 11.0 Å². The van der Waals surface area contributed by atoms with Gasteiger partial charge in [0.2, 0.25) is 0 Å². The molecule has 0 saturated carbocycles. The van der Waals surface area contributed by atoms with Crippen molar-refractivity contribution < 1.29 is 0 Å². The Morgan fingerprint density at radius 1 is 1.50 bits per heavy atom. The van der Waals surface area contributed by atoms with Crippen LogP contribution in [0.15, 0.2) is 10.9 Å². The van der Waals surface area contributed by atoms with Crippen LogP contribution in [0, 0.1) is 0 Å². The fourth-order valence-corrected chi connectivity index (χ4v) is 1.81. The van der Waals surface area contributed by atoms with E-state index >= 15 is 0 Å². The molecule has 0 aliphatic rings. The minimum absolute atomic E-state index is 0.417. The van der Waals surface area contributed by atoms with Gasteiger partial charge in [0.1, 0.15) is 17.4 Å². The highest BCUT2D eigenvalue weighted by molar-refractivity contribution is 9.10. The molecule has 0 spiro atoms. The first-order valence-corrected chi connectivity index (χ1v) is 4.36. The van der Waals surface area contributed by atoms with Gasteiger partial charge >= 0.3 is 0 Å². The second-order valence-electron chi connectivity index (χ2n) is 2.28. The van der Waals surface area contributed by atoms with Crippen molar-refractivity contribution in [2.75, 3.05) is 0 Å². The highest BCUT2D eigenvalue weighted by atomic mass is 79.9. The first kappa shape index (κ1) is 7.94. The van der Waals surface area contributed by atoms with Gasteiger partial charge in [-0.1, -0.05) is 11.6 Å². The third-order valence-electron chi connectivity index (χ3n) is 1.53. The van der Waals surface area contributed by atoms with Crippen LogP contribution in [0.25, 0.3) is 11.0 Å². The normalized spacial score (nSPS) is 10.9. The quantitative estimate of drug-likeness (QED) is 0.667. The van der Waals surface area contributed by atoms with E-state index < -0.39 is 0 Å². The van der Waals surface area contributed by atoms with Crippen LogP contribution in [0.2, 0.25) is 5.15 Å². The van der Waals surface area contributed by atoms with Crippen LogP contribution in [0.1, 0.15) is 0 Å². The third-order valence-corrected chi connectivity index (χ3v) is 2.35. The van der Waals surface area contributed by atoms with Crippen LogP contribution in [-0.2, 0) is 7.05 Å². The molecule has 0 saturated heterocycles. The molecule has 0 radical (unpaired) electrons. The van der Waals surface area contributed by atoms with Crippen molar-refractivity contribution in [1.82, 2.24) is 19.7 Å². The Hall–Kier alpha value is -0.680. The number of aryl methyl sites for hydroxylation is 1. The molecule has 0 bridgehead atoms. The zero-order valence-electron chi connectivity index (χ0n) is 6.12. The molecule has 12 heavy (non-hydrogen) atoms. The van der Waals surface area contributed by atoms with Gasteiger partial charge in [-0.15, -0.1) is 0 Å². The lowest BCUT2D eigenvalue weighted by Gasteiger charge is -1.93. The second kappa shape index (κ2) is 2.67. The molecule has 0 fully saturated rings. The average molecular weight is 247 g/mol. The summed E-state index contributed by atoms with van der Waals surface area (Å²) in [6.07, 6.45) is 1.41. The number of rotatable bonds is 0. The van der Waals surface area contributed by atoms with E-state index in [0.29, 0.717) is 9.76 Å². The van der Waals surface area contributed by atoms with E-state index in [-0.39, 0.29) is 0 Å². The summed E-state index contributed by atoms with van der Waals surface area (Å²) in [6, 6.07) is 0. The minimum Gasteiger partial charge on any atom is -0.262 e. The van der Waals surface area contributed by atoms with Crippen molar-refractivity contribution in [3.05, 3.63) is 16.1 Å². The van der Waals surface area contributed by atoms with Crippen LogP contribution >= 0.6 is 27.5 Å². The lowest BCUT2D eigenvalue weighted by molar-refractivity contribution is 0.787. The van der Waals surface area contributed by atoms with Gasteiger partial charge in [0.05, 0.1) is 0 Å². The van der Waals surface area contributed by atoms with Gasteiger partial charge in [-0.2, -0.15) is 5.10 Å². The van der Waals surface area contributed by atoms with Gasteiger partial charge in [-0.05, 0) is 15.9 Å². The minimum atomic E-state index is 0.417. The molecule has 62 valence electrons. The Morgan fingerprint density at radius 3 is 2.92 bits per heavy atom. The van der Waals surface area contributed by atoms with E-state index in [1.54, 1.807) is 11.7 Å². The Balaban J connectivity index is 2.99. The summed E-state index contributed by atoms with van der Waals surface area (Å²) < 4.78 is 2.33. The molecular formula is C6H4BrClN4. The first-order chi connectivity index (χ1) is 5.70. The predicted molar refractivity (Wildman–Crippen MR) is 49.0 cm³/mol. The zero-order chi connectivity index (χ0) is 8.72. The van der Waals surface area contributed by atoms with Crippen molar-refractivity contribution in [3.8, 4) is 0 Å². The summed E-state index contributed by atoms with van der Waals surface area (Å²) in [5.74, 6) is 0. The summed E-state index contributed by atoms with van der Waals surface area (Å²) in [5.41, 5.74) is 1.48. The maximum Gasteiger partial charge on any atom is 0.158 e. The molecule has 0 N–H and O–H groups in total. The van der Waals surface area contributed by atoms with Crippen LogP contribution < -0.4 is 0 Å². The maximum atomic E-state index is 5.84. The Kier molecular flexibility index (Phi) is 1.77. The number of nitrogens with zero attached hydrogens (tertiary/aromatic N) is 4. The Bertz CT molecular complexity index is 438. The van der Waals surface area contributed by atoms with Crippen molar-refractivity contribution >= 4 is 38.6 Å². The lowest BCUT2D eigenvalue weighted by atomic mass is 10.5. The molecule has 0 aromatic carbocycles. The first-order valence-electron chi connectivity index (χ1n) is 3.19. The van der Waals surface area contributed by atoms with Crippen LogP contribution in [-0.4, -0.2) is 19.7 Å². The molecular weight excluding hydrogens is 243 g/mol. The highest BCUT2D eigenvalue weighted by Gasteiger charge is 2.10. The lowest BCUT2D eigenvalue weighted by Crippen LogP contribution is -1.91. The van der Waals surface area contributed by atoms with Gasteiger partial charge in [0.25, 0.3) is 0 Å². The molecule has 0 aliphatic carbocycles. The molecule has 2 aromatic heterocycles. The summed E-state index contributed by atoms with van der Waals surface area (Å²) >= 11 is 9.11. The average Bonchev–Trinajstić information content (AvgIpc) is 2.29. The van der Waals surface area contributed by atoms with Crippen LogP contribution in [0.4, 0.5) is 0 Å². The number of hydrogen-bond acceptors (Lipinski definition) is 3. The van der Waals surface area contributed by atoms with Crippen molar-refractivity contribution in [1.29, 1.82) is 0 Å². The van der Waals surface area contributed by atoms with E-state index in [4.69, 9.17) is 11.6 Å². The van der Waals surface area contributed by atoms with Crippen molar-refractivity contribution in [2.45, 2.75) is 0 Å². The van der Waals surface area contributed by atoms with E-state index in [2.05, 4.69) is 31.0 Å². The van der Waals surface area contributed by atoms with Gasteiger partial charge in [0.15, 0.2) is 9.76 Å². The smallest absolute Gasteiger partial charge is 0.158 e.